The SMILES string of the molecule is Cc1cc(Cl)ccc1N.Nc1ccc2ccccc2c1O. The van der Waals surface area contributed by atoms with Crippen LogP contribution in [0.3, 0.4) is 0 Å². The number of phenols is 1. The van der Waals surface area contributed by atoms with Gasteiger partial charge in [0.25, 0.3) is 0 Å². The molecule has 3 aromatic rings. The molecule has 0 bridgehead atoms. The summed E-state index contributed by atoms with van der Waals surface area (Å²) in [4.78, 5) is 0. The highest BCUT2D eigenvalue weighted by Crippen LogP contribution is 2.29. The van der Waals surface area contributed by atoms with Crippen molar-refractivity contribution < 1.29 is 5.11 Å². The molecule has 3 aromatic carbocycles. The molecule has 0 radical (unpaired) electrons. The van der Waals surface area contributed by atoms with Gasteiger partial charge in [-0.3, -0.25) is 0 Å². The van der Waals surface area contributed by atoms with Crippen LogP contribution in [0.15, 0.2) is 54.6 Å². The lowest BCUT2D eigenvalue weighted by Crippen LogP contribution is -1.87. The van der Waals surface area contributed by atoms with Crippen molar-refractivity contribution >= 4 is 33.7 Å². The van der Waals surface area contributed by atoms with Crippen LogP contribution in [0.1, 0.15) is 5.56 Å². The molecule has 0 aromatic heterocycles. The quantitative estimate of drug-likeness (QED) is 0.427. The maximum atomic E-state index is 9.53. The first-order valence-electron chi connectivity index (χ1n) is 6.47. The number of aryl methyl sites for hydroxylation is 1. The minimum Gasteiger partial charge on any atom is -0.505 e. The van der Waals surface area contributed by atoms with E-state index in [4.69, 9.17) is 23.1 Å². The van der Waals surface area contributed by atoms with Crippen LogP contribution in [0.4, 0.5) is 11.4 Å². The standard InChI is InChI=1S/C10H9NO.C7H8ClN/c11-9-6-5-7-3-1-2-4-8(7)10(9)12;1-5-4-6(8)2-3-7(5)9/h1-6,12H,11H2;2-4H,9H2,1H3. The minimum absolute atomic E-state index is 0.174. The Morgan fingerprint density at radius 1 is 0.905 bits per heavy atom. The van der Waals surface area contributed by atoms with E-state index in [-0.39, 0.29) is 5.75 Å². The normalized spacial score (nSPS) is 10.0. The summed E-state index contributed by atoms with van der Waals surface area (Å²) in [5.74, 6) is 0.174. The highest BCUT2D eigenvalue weighted by molar-refractivity contribution is 6.30. The minimum atomic E-state index is 0.174. The van der Waals surface area contributed by atoms with Gasteiger partial charge in [-0.15, -0.1) is 0 Å². The number of benzene rings is 3. The lowest BCUT2D eigenvalue weighted by molar-refractivity contribution is 0.484. The van der Waals surface area contributed by atoms with E-state index in [1.807, 2.05) is 43.3 Å². The summed E-state index contributed by atoms with van der Waals surface area (Å²) in [6.07, 6.45) is 0. The molecule has 3 rings (SSSR count). The molecule has 0 aliphatic carbocycles. The van der Waals surface area contributed by atoms with Crippen molar-refractivity contribution in [1.82, 2.24) is 0 Å². The molecule has 0 amide bonds. The number of rotatable bonds is 0. The summed E-state index contributed by atoms with van der Waals surface area (Å²) in [6.45, 7) is 1.93. The van der Waals surface area contributed by atoms with E-state index in [2.05, 4.69) is 0 Å². The van der Waals surface area contributed by atoms with E-state index >= 15 is 0 Å². The van der Waals surface area contributed by atoms with Crippen LogP contribution >= 0.6 is 11.6 Å². The fourth-order valence-corrected chi connectivity index (χ4v) is 2.14. The van der Waals surface area contributed by atoms with Gasteiger partial charge in [0, 0.05) is 16.1 Å². The van der Waals surface area contributed by atoms with E-state index < -0.39 is 0 Å². The van der Waals surface area contributed by atoms with Crippen molar-refractivity contribution in [1.29, 1.82) is 0 Å². The monoisotopic (exact) mass is 300 g/mol. The lowest BCUT2D eigenvalue weighted by Gasteiger charge is -2.02. The van der Waals surface area contributed by atoms with Crippen molar-refractivity contribution in [3.63, 3.8) is 0 Å². The molecular formula is C17H17ClN2O. The van der Waals surface area contributed by atoms with Gasteiger partial charge in [-0.05, 0) is 42.1 Å². The molecule has 0 spiro atoms. The number of nitrogens with two attached hydrogens (primary N) is 2. The number of fused-ring (bicyclic) bond motifs is 1. The first-order valence-corrected chi connectivity index (χ1v) is 6.84. The maximum absolute atomic E-state index is 9.53. The molecule has 0 fully saturated rings. The van der Waals surface area contributed by atoms with Crippen molar-refractivity contribution in [3.05, 3.63) is 65.2 Å². The maximum Gasteiger partial charge on any atom is 0.146 e. The van der Waals surface area contributed by atoms with E-state index in [9.17, 15) is 5.11 Å². The van der Waals surface area contributed by atoms with Gasteiger partial charge in [-0.1, -0.05) is 41.9 Å². The van der Waals surface area contributed by atoms with Gasteiger partial charge in [-0.2, -0.15) is 0 Å². The molecule has 21 heavy (non-hydrogen) atoms. The zero-order chi connectivity index (χ0) is 15.4. The summed E-state index contributed by atoms with van der Waals surface area (Å²) in [6, 6.07) is 16.6. The molecule has 5 N–H and O–H groups in total. The zero-order valence-electron chi connectivity index (χ0n) is 11.7. The van der Waals surface area contributed by atoms with E-state index in [0.29, 0.717) is 5.69 Å². The van der Waals surface area contributed by atoms with Crippen LogP contribution in [-0.4, -0.2) is 5.11 Å². The second kappa shape index (κ2) is 6.37. The van der Waals surface area contributed by atoms with Crippen molar-refractivity contribution in [2.24, 2.45) is 0 Å². The van der Waals surface area contributed by atoms with Gasteiger partial charge < -0.3 is 16.6 Å². The van der Waals surface area contributed by atoms with Gasteiger partial charge in [0.1, 0.15) is 5.75 Å². The molecule has 4 heteroatoms. The van der Waals surface area contributed by atoms with E-state index in [1.165, 1.54) is 0 Å². The second-order valence-corrected chi connectivity index (χ2v) is 5.16. The fraction of sp³-hybridized carbons (Fsp3) is 0.0588. The largest absolute Gasteiger partial charge is 0.505 e. The van der Waals surface area contributed by atoms with Crippen LogP contribution in [0.25, 0.3) is 10.8 Å². The number of hydrogen-bond donors (Lipinski definition) is 3. The Morgan fingerprint density at radius 3 is 2.24 bits per heavy atom. The van der Waals surface area contributed by atoms with Crippen LogP contribution in [0, 0.1) is 6.92 Å². The number of nitrogen functional groups attached to an aromatic ring is 2. The van der Waals surface area contributed by atoms with Crippen LogP contribution in [0.5, 0.6) is 5.75 Å². The molecule has 108 valence electrons. The Hall–Kier alpha value is -2.39. The summed E-state index contributed by atoms with van der Waals surface area (Å²) < 4.78 is 0. The summed E-state index contributed by atoms with van der Waals surface area (Å²) >= 11 is 5.66. The highest BCUT2D eigenvalue weighted by atomic mass is 35.5. The van der Waals surface area contributed by atoms with Crippen LogP contribution < -0.4 is 11.5 Å². The molecule has 0 saturated heterocycles. The van der Waals surface area contributed by atoms with Crippen molar-refractivity contribution in [2.45, 2.75) is 6.92 Å². The fourth-order valence-electron chi connectivity index (χ4n) is 1.91. The van der Waals surface area contributed by atoms with Gasteiger partial charge in [0.15, 0.2) is 0 Å². The first-order chi connectivity index (χ1) is 9.99. The third-order valence-corrected chi connectivity index (χ3v) is 3.40. The van der Waals surface area contributed by atoms with E-state index in [0.717, 1.165) is 27.0 Å². The topological polar surface area (TPSA) is 72.3 Å². The number of hydrogen-bond acceptors (Lipinski definition) is 3. The summed E-state index contributed by atoms with van der Waals surface area (Å²) in [5.41, 5.74) is 13.3. The molecular weight excluding hydrogens is 284 g/mol. The molecule has 0 atom stereocenters. The lowest BCUT2D eigenvalue weighted by atomic mass is 10.1. The van der Waals surface area contributed by atoms with Crippen LogP contribution in [0.2, 0.25) is 5.02 Å². The summed E-state index contributed by atoms with van der Waals surface area (Å²) in [5, 5.41) is 12.1. The Bertz CT molecular complexity index is 772. The molecule has 0 saturated carbocycles. The number of anilines is 2. The molecule has 0 aliphatic rings. The van der Waals surface area contributed by atoms with Gasteiger partial charge >= 0.3 is 0 Å². The average Bonchev–Trinajstić information content (AvgIpc) is 2.48. The predicted molar refractivity (Wildman–Crippen MR) is 90.6 cm³/mol. The third kappa shape index (κ3) is 3.58. The average molecular weight is 301 g/mol. The number of phenolic OH excluding ortho intramolecular Hbond substituents is 1. The zero-order valence-corrected chi connectivity index (χ0v) is 12.4. The number of halogens is 1. The molecule has 0 aliphatic heterocycles. The molecule has 0 heterocycles. The second-order valence-electron chi connectivity index (χ2n) is 4.73. The third-order valence-electron chi connectivity index (χ3n) is 3.16. The van der Waals surface area contributed by atoms with Gasteiger partial charge in [-0.25, -0.2) is 0 Å². The Labute approximate surface area is 128 Å². The van der Waals surface area contributed by atoms with Crippen LogP contribution in [-0.2, 0) is 0 Å². The Morgan fingerprint density at radius 2 is 1.57 bits per heavy atom. The first kappa shape index (κ1) is 15.0. The van der Waals surface area contributed by atoms with Crippen molar-refractivity contribution in [3.8, 4) is 5.75 Å². The molecule has 3 nitrogen and oxygen atoms in total. The Balaban J connectivity index is 0.000000161. The highest BCUT2D eigenvalue weighted by Gasteiger charge is 2.00. The van der Waals surface area contributed by atoms with E-state index in [1.54, 1.807) is 18.2 Å². The molecule has 0 unspecified atom stereocenters. The smallest absolute Gasteiger partial charge is 0.146 e. The van der Waals surface area contributed by atoms with Gasteiger partial charge in [0.05, 0.1) is 5.69 Å². The summed E-state index contributed by atoms with van der Waals surface area (Å²) in [7, 11) is 0. The van der Waals surface area contributed by atoms with Gasteiger partial charge in [0.2, 0.25) is 0 Å². The van der Waals surface area contributed by atoms with Crippen molar-refractivity contribution in [2.75, 3.05) is 11.5 Å². The number of aromatic hydroxyl groups is 1. The Kier molecular flexibility index (Phi) is 4.55. The predicted octanol–water partition coefficient (Wildman–Crippen LogP) is 4.36.